The first-order valence-electron chi connectivity index (χ1n) is 9.94. The lowest BCUT2D eigenvalue weighted by Gasteiger charge is -2.46. The summed E-state index contributed by atoms with van der Waals surface area (Å²) in [6, 6.07) is 9.47. The number of ether oxygens (including phenoxy) is 2. The smallest absolute Gasteiger partial charge is 0.190 e. The van der Waals surface area contributed by atoms with Crippen molar-refractivity contribution in [2.75, 3.05) is 19.7 Å². The molecule has 0 aliphatic carbocycles. The number of benzene rings is 2. The molecule has 2 unspecified atom stereocenters. The number of piperidine rings is 1. The largest absolute Gasteiger partial charge is 0.549 e. The number of halogens is 2. The summed E-state index contributed by atoms with van der Waals surface area (Å²) < 4.78 is 40.4. The van der Waals surface area contributed by atoms with Crippen molar-refractivity contribution < 1.29 is 28.2 Å². The lowest BCUT2D eigenvalue weighted by atomic mass is 9.81. The van der Waals surface area contributed by atoms with E-state index < -0.39 is 35.0 Å². The maximum Gasteiger partial charge on any atom is 0.190 e. The van der Waals surface area contributed by atoms with E-state index in [9.17, 15) is 18.7 Å². The molecule has 2 atom stereocenters. The van der Waals surface area contributed by atoms with Gasteiger partial charge < -0.3 is 19.4 Å². The van der Waals surface area contributed by atoms with E-state index in [2.05, 4.69) is 0 Å². The van der Waals surface area contributed by atoms with Crippen LogP contribution in [0.25, 0.3) is 6.08 Å². The zero-order valence-electron chi connectivity index (χ0n) is 16.6. The standard InChI is InChI=1S/C23H23F2NO4/c1-2-29-22-17(24)11-16(12-18(22)25)19-13-23(9-10-26(19)14-21(27)28)8-7-15-5-3-4-6-20(15)30-23/h3-8,11-12,19H,2,9-10,13-14H2,1H3,(H,27,28)/p-1. The molecule has 0 saturated carbocycles. The first-order valence-corrected chi connectivity index (χ1v) is 9.94. The number of aliphatic carboxylic acids is 1. The molecule has 4 rings (SSSR count). The Morgan fingerprint density at radius 1 is 1.30 bits per heavy atom. The summed E-state index contributed by atoms with van der Waals surface area (Å²) in [6.07, 6.45) is 4.82. The van der Waals surface area contributed by atoms with Gasteiger partial charge in [0.15, 0.2) is 17.4 Å². The van der Waals surface area contributed by atoms with Crippen molar-refractivity contribution >= 4 is 12.0 Å². The fraction of sp³-hybridized carbons (Fsp3) is 0.348. The molecule has 0 N–H and O–H groups in total. The summed E-state index contributed by atoms with van der Waals surface area (Å²) in [6.45, 7) is 1.82. The number of fused-ring (bicyclic) bond motifs is 1. The van der Waals surface area contributed by atoms with Gasteiger partial charge in [-0.2, -0.15) is 0 Å². The van der Waals surface area contributed by atoms with Crippen molar-refractivity contribution in [2.45, 2.75) is 31.4 Å². The van der Waals surface area contributed by atoms with Gasteiger partial charge in [-0.25, -0.2) is 8.78 Å². The van der Waals surface area contributed by atoms with Crippen LogP contribution in [0.3, 0.4) is 0 Å². The lowest BCUT2D eigenvalue weighted by molar-refractivity contribution is -0.307. The van der Waals surface area contributed by atoms with Crippen molar-refractivity contribution in [2.24, 2.45) is 0 Å². The van der Waals surface area contributed by atoms with Crippen LogP contribution >= 0.6 is 0 Å². The quantitative estimate of drug-likeness (QED) is 0.753. The van der Waals surface area contributed by atoms with Gasteiger partial charge >= 0.3 is 0 Å². The zero-order valence-corrected chi connectivity index (χ0v) is 16.6. The summed E-state index contributed by atoms with van der Waals surface area (Å²) in [5, 5.41) is 11.3. The lowest BCUT2D eigenvalue weighted by Crippen LogP contribution is -2.51. The minimum Gasteiger partial charge on any atom is -0.549 e. The number of carbonyl (C=O) groups excluding carboxylic acids is 1. The van der Waals surface area contributed by atoms with Crippen molar-refractivity contribution in [3.63, 3.8) is 0 Å². The summed E-state index contributed by atoms with van der Waals surface area (Å²) >= 11 is 0. The van der Waals surface area contributed by atoms with Crippen molar-refractivity contribution in [3.8, 4) is 11.5 Å². The van der Waals surface area contributed by atoms with Crippen LogP contribution in [0, 0.1) is 11.6 Å². The molecule has 158 valence electrons. The number of hydrogen-bond acceptors (Lipinski definition) is 5. The van der Waals surface area contributed by atoms with Crippen molar-refractivity contribution in [1.82, 2.24) is 4.90 Å². The topological polar surface area (TPSA) is 61.8 Å². The minimum absolute atomic E-state index is 0.134. The Labute approximate surface area is 173 Å². The molecule has 1 spiro atoms. The van der Waals surface area contributed by atoms with E-state index in [0.717, 1.165) is 11.3 Å². The number of nitrogens with zero attached hydrogens (tertiary/aromatic N) is 1. The van der Waals surface area contributed by atoms with Crippen LogP contribution in [0.5, 0.6) is 11.5 Å². The Kier molecular flexibility index (Phi) is 5.47. The first-order chi connectivity index (χ1) is 14.4. The molecule has 0 radical (unpaired) electrons. The number of carboxylic acid groups (broad SMARTS) is 1. The third-order valence-electron chi connectivity index (χ3n) is 5.63. The highest BCUT2D eigenvalue weighted by atomic mass is 19.1. The van der Waals surface area contributed by atoms with Gasteiger partial charge in [-0.1, -0.05) is 24.3 Å². The molecule has 1 fully saturated rings. The predicted octanol–water partition coefficient (Wildman–Crippen LogP) is 3.09. The second kappa shape index (κ2) is 8.07. The van der Waals surface area contributed by atoms with Crippen LogP contribution in [-0.2, 0) is 4.79 Å². The molecule has 0 amide bonds. The van der Waals surface area contributed by atoms with E-state index in [1.54, 1.807) is 11.8 Å². The molecule has 30 heavy (non-hydrogen) atoms. The van der Waals surface area contributed by atoms with Gasteiger partial charge in [0.25, 0.3) is 0 Å². The SMILES string of the molecule is CCOc1c(F)cc(C2CC3(C=Cc4ccccc4O3)CCN2CC(=O)[O-])cc1F. The second-order valence-electron chi connectivity index (χ2n) is 7.60. The monoisotopic (exact) mass is 414 g/mol. The van der Waals surface area contributed by atoms with Crippen molar-refractivity contribution in [1.29, 1.82) is 0 Å². The molecule has 2 heterocycles. The van der Waals surface area contributed by atoms with Crippen LogP contribution in [0.15, 0.2) is 42.5 Å². The highest BCUT2D eigenvalue weighted by molar-refractivity contribution is 5.67. The summed E-state index contributed by atoms with van der Waals surface area (Å²) in [7, 11) is 0. The summed E-state index contributed by atoms with van der Waals surface area (Å²) in [4.78, 5) is 12.9. The molecule has 2 aliphatic rings. The number of hydrogen-bond donors (Lipinski definition) is 0. The number of carboxylic acids is 1. The molecule has 2 aromatic rings. The van der Waals surface area contributed by atoms with Crippen LogP contribution in [-0.4, -0.2) is 36.2 Å². The minimum atomic E-state index is -1.24. The van der Waals surface area contributed by atoms with Gasteiger partial charge in [0.1, 0.15) is 11.4 Å². The van der Waals surface area contributed by atoms with Crippen LogP contribution in [0.4, 0.5) is 8.78 Å². The average molecular weight is 414 g/mol. The first kappa shape index (κ1) is 20.3. The molecule has 2 aliphatic heterocycles. The van der Waals surface area contributed by atoms with Gasteiger partial charge in [-0.05, 0) is 36.8 Å². The predicted molar refractivity (Wildman–Crippen MR) is 105 cm³/mol. The van der Waals surface area contributed by atoms with Crippen LogP contribution < -0.4 is 14.6 Å². The highest BCUT2D eigenvalue weighted by Gasteiger charge is 2.42. The van der Waals surface area contributed by atoms with E-state index in [0.29, 0.717) is 24.9 Å². The number of carbonyl (C=O) groups is 1. The molecule has 2 aromatic carbocycles. The number of rotatable bonds is 5. The van der Waals surface area contributed by atoms with Crippen LogP contribution in [0.1, 0.15) is 36.9 Å². The number of para-hydroxylation sites is 1. The Morgan fingerprint density at radius 2 is 2.03 bits per heavy atom. The fourth-order valence-corrected chi connectivity index (χ4v) is 4.23. The Morgan fingerprint density at radius 3 is 2.73 bits per heavy atom. The highest BCUT2D eigenvalue weighted by Crippen LogP contribution is 2.44. The third kappa shape index (κ3) is 3.89. The zero-order chi connectivity index (χ0) is 21.3. The van der Waals surface area contributed by atoms with E-state index in [4.69, 9.17) is 9.47 Å². The van der Waals surface area contributed by atoms with Gasteiger partial charge in [-0.15, -0.1) is 0 Å². The van der Waals surface area contributed by atoms with Gasteiger partial charge in [0.05, 0.1) is 12.6 Å². The molecular weight excluding hydrogens is 392 g/mol. The molecule has 0 bridgehead atoms. The maximum absolute atomic E-state index is 14.5. The summed E-state index contributed by atoms with van der Waals surface area (Å²) in [5.74, 6) is -2.57. The van der Waals surface area contributed by atoms with E-state index in [-0.39, 0.29) is 13.2 Å². The molecular formula is C23H22F2NO4-. The Balaban J connectivity index is 1.69. The average Bonchev–Trinajstić information content (AvgIpc) is 2.71. The normalized spacial score (nSPS) is 23.1. The van der Waals surface area contributed by atoms with Crippen LogP contribution in [0.2, 0.25) is 0 Å². The maximum atomic E-state index is 14.5. The Hall–Kier alpha value is -2.93. The van der Waals surface area contributed by atoms with Crippen molar-refractivity contribution in [3.05, 3.63) is 65.2 Å². The molecule has 5 nitrogen and oxygen atoms in total. The van der Waals surface area contributed by atoms with E-state index in [1.165, 1.54) is 12.1 Å². The van der Waals surface area contributed by atoms with Gasteiger partial charge in [0, 0.05) is 37.5 Å². The summed E-state index contributed by atoms with van der Waals surface area (Å²) in [5.41, 5.74) is 0.604. The molecule has 1 saturated heterocycles. The molecule has 0 aromatic heterocycles. The Bertz CT molecular complexity index is 970. The van der Waals surface area contributed by atoms with Gasteiger partial charge in [-0.3, -0.25) is 4.90 Å². The molecule has 7 heteroatoms. The number of likely N-dealkylation sites (tertiary alicyclic amines) is 1. The second-order valence-corrected chi connectivity index (χ2v) is 7.60. The van der Waals surface area contributed by atoms with E-state index in [1.807, 2.05) is 36.4 Å². The van der Waals surface area contributed by atoms with E-state index >= 15 is 0 Å². The van der Waals surface area contributed by atoms with Gasteiger partial charge in [0.2, 0.25) is 0 Å². The fourth-order valence-electron chi connectivity index (χ4n) is 4.23. The third-order valence-corrected chi connectivity index (χ3v) is 5.63.